The molecule has 1 unspecified atom stereocenters. The predicted molar refractivity (Wildman–Crippen MR) is 124 cm³/mol. The number of alkyl halides is 6. The van der Waals surface area contributed by atoms with Gasteiger partial charge in [0, 0.05) is 50.6 Å². The van der Waals surface area contributed by atoms with Crippen LogP contribution < -0.4 is 4.74 Å². The first kappa shape index (κ1) is 32.7. The highest BCUT2D eigenvalue weighted by Crippen LogP contribution is 2.36. The van der Waals surface area contributed by atoms with Crippen LogP contribution in [0.2, 0.25) is 0 Å². The van der Waals surface area contributed by atoms with E-state index in [4.69, 9.17) is 34.0 Å². The summed E-state index contributed by atoms with van der Waals surface area (Å²) in [6.45, 7) is 4.01. The van der Waals surface area contributed by atoms with Gasteiger partial charge in [-0.15, -0.1) is 0 Å². The Balaban J connectivity index is 0.000000333. The van der Waals surface area contributed by atoms with E-state index in [1.54, 1.807) is 19.5 Å². The fourth-order valence-corrected chi connectivity index (χ4v) is 3.88. The van der Waals surface area contributed by atoms with E-state index in [0.717, 1.165) is 50.3 Å². The van der Waals surface area contributed by atoms with E-state index in [2.05, 4.69) is 20.9 Å². The van der Waals surface area contributed by atoms with Crippen molar-refractivity contribution in [2.75, 3.05) is 26.8 Å². The van der Waals surface area contributed by atoms with E-state index in [1.165, 1.54) is 0 Å². The lowest BCUT2D eigenvalue weighted by atomic mass is 9.84. The summed E-state index contributed by atoms with van der Waals surface area (Å²) in [5.41, 5.74) is 2.03. The summed E-state index contributed by atoms with van der Waals surface area (Å²) in [4.78, 5) is 28.8. The van der Waals surface area contributed by atoms with Crippen LogP contribution in [-0.2, 0) is 32.2 Å². The molecule has 2 N–H and O–H groups in total. The molecule has 0 bridgehead atoms. The Bertz CT molecular complexity index is 1070. The Hall–Kier alpha value is -3.50. The van der Waals surface area contributed by atoms with Crippen LogP contribution in [0.1, 0.15) is 24.1 Å². The predicted octanol–water partition coefficient (Wildman–Crippen LogP) is 3.70. The van der Waals surface area contributed by atoms with E-state index < -0.39 is 24.3 Å². The van der Waals surface area contributed by atoms with Crippen molar-refractivity contribution in [3.8, 4) is 5.88 Å². The average Bonchev–Trinajstić information content (AvgIpc) is 2.87. The Morgan fingerprint density at radius 2 is 1.62 bits per heavy atom. The number of carboxylic acids is 2. The molecule has 222 valence electrons. The van der Waals surface area contributed by atoms with Gasteiger partial charge in [-0.25, -0.2) is 14.6 Å². The van der Waals surface area contributed by atoms with Crippen molar-refractivity contribution in [1.82, 2.24) is 14.9 Å². The minimum absolute atomic E-state index is 0.0670. The van der Waals surface area contributed by atoms with Crippen LogP contribution in [0.3, 0.4) is 0 Å². The molecule has 0 aromatic carbocycles. The van der Waals surface area contributed by atoms with Gasteiger partial charge in [0.1, 0.15) is 0 Å². The van der Waals surface area contributed by atoms with E-state index >= 15 is 0 Å². The number of hydrogen-bond acceptors (Lipinski definition) is 8. The van der Waals surface area contributed by atoms with Crippen molar-refractivity contribution in [2.45, 2.75) is 50.1 Å². The summed E-state index contributed by atoms with van der Waals surface area (Å²) in [5.74, 6) is -4.81. The smallest absolute Gasteiger partial charge is 0.481 e. The number of aliphatic carboxylic acids is 2. The number of carboxylic acid groups (broad SMARTS) is 2. The molecule has 0 aliphatic carbocycles. The van der Waals surface area contributed by atoms with Gasteiger partial charge in [0.15, 0.2) is 0 Å². The molecular formula is C24H27F6N3O7. The number of hydrogen-bond donors (Lipinski definition) is 2. The van der Waals surface area contributed by atoms with Gasteiger partial charge in [-0.2, -0.15) is 26.3 Å². The summed E-state index contributed by atoms with van der Waals surface area (Å²) in [6.07, 6.45) is -4.47. The largest absolute Gasteiger partial charge is 0.490 e. The lowest BCUT2D eigenvalue weighted by Crippen LogP contribution is -2.65. The monoisotopic (exact) mass is 583 g/mol. The molecule has 4 heterocycles. The number of methoxy groups -OCH3 is 1. The van der Waals surface area contributed by atoms with Gasteiger partial charge in [-0.05, 0) is 24.6 Å². The van der Waals surface area contributed by atoms with E-state index in [9.17, 15) is 26.3 Å². The number of rotatable bonds is 6. The second-order valence-corrected chi connectivity index (χ2v) is 8.70. The number of halogens is 6. The van der Waals surface area contributed by atoms with Gasteiger partial charge < -0.3 is 24.4 Å². The number of ether oxygens (including phenoxy) is 3. The lowest BCUT2D eigenvalue weighted by Gasteiger charge is -2.53. The molecule has 2 aliphatic rings. The molecule has 10 nitrogen and oxygen atoms in total. The highest BCUT2D eigenvalue weighted by atomic mass is 19.4. The van der Waals surface area contributed by atoms with Crippen molar-refractivity contribution in [2.24, 2.45) is 0 Å². The molecule has 2 aliphatic heterocycles. The third-order valence-electron chi connectivity index (χ3n) is 5.59. The SMILES string of the molecule is COc1ncccc1CN1CC2(CC(OCc3ccccn3)CCO2)C1.O=C(O)C(F)(F)F.O=C(O)C(F)(F)F. The number of nitrogens with zero attached hydrogens (tertiary/aromatic N) is 3. The van der Waals surface area contributed by atoms with Gasteiger partial charge in [0.2, 0.25) is 5.88 Å². The molecule has 1 spiro atoms. The maximum Gasteiger partial charge on any atom is 0.490 e. The van der Waals surface area contributed by atoms with Crippen LogP contribution in [0.4, 0.5) is 26.3 Å². The summed E-state index contributed by atoms with van der Waals surface area (Å²) < 4.78 is 81.0. The van der Waals surface area contributed by atoms with Crippen molar-refractivity contribution in [1.29, 1.82) is 0 Å². The highest BCUT2D eigenvalue weighted by Gasteiger charge is 2.47. The zero-order chi connectivity index (χ0) is 30.0. The average molecular weight is 583 g/mol. The Kier molecular flexibility index (Phi) is 11.6. The highest BCUT2D eigenvalue weighted by molar-refractivity contribution is 5.73. The lowest BCUT2D eigenvalue weighted by molar-refractivity contribution is -0.200. The first-order chi connectivity index (χ1) is 18.6. The van der Waals surface area contributed by atoms with Gasteiger partial charge in [-0.3, -0.25) is 9.88 Å². The molecule has 4 rings (SSSR count). The maximum atomic E-state index is 10.6. The van der Waals surface area contributed by atoms with Crippen molar-refractivity contribution < 1.29 is 60.4 Å². The van der Waals surface area contributed by atoms with Gasteiger partial charge >= 0.3 is 24.3 Å². The summed E-state index contributed by atoms with van der Waals surface area (Å²) in [5, 5.41) is 14.2. The van der Waals surface area contributed by atoms with Crippen LogP contribution in [0.15, 0.2) is 42.7 Å². The molecule has 2 saturated heterocycles. The Morgan fingerprint density at radius 1 is 1.02 bits per heavy atom. The molecule has 0 radical (unpaired) electrons. The van der Waals surface area contributed by atoms with Crippen LogP contribution in [0, 0.1) is 0 Å². The van der Waals surface area contributed by atoms with Crippen molar-refractivity contribution in [3.63, 3.8) is 0 Å². The number of aromatic nitrogens is 2. The quantitative estimate of drug-likeness (QED) is 0.486. The van der Waals surface area contributed by atoms with Crippen LogP contribution in [-0.4, -0.2) is 87.9 Å². The molecule has 1 atom stereocenters. The number of likely N-dealkylation sites (tertiary alicyclic amines) is 1. The standard InChI is InChI=1S/C20H25N3O3.2C2HF3O2/c1-24-19-16(5-4-9-22-19)12-23-14-20(15-23)11-18(7-10-26-20)25-13-17-6-2-3-8-21-17;2*3-2(4,5)1(6)7/h2-6,8-9,18H,7,10-15H2,1H3;2*(H,6,7). The minimum atomic E-state index is -5.08. The molecule has 2 aromatic rings. The molecule has 0 saturated carbocycles. The van der Waals surface area contributed by atoms with Gasteiger partial charge in [0.25, 0.3) is 0 Å². The van der Waals surface area contributed by atoms with Crippen LogP contribution >= 0.6 is 0 Å². The fourth-order valence-electron chi connectivity index (χ4n) is 3.88. The second kappa shape index (κ2) is 14.2. The van der Waals surface area contributed by atoms with Gasteiger partial charge in [-0.1, -0.05) is 12.1 Å². The zero-order valence-electron chi connectivity index (χ0n) is 21.1. The second-order valence-electron chi connectivity index (χ2n) is 8.70. The van der Waals surface area contributed by atoms with E-state index in [1.807, 2.05) is 24.3 Å². The number of pyridine rings is 2. The minimum Gasteiger partial charge on any atom is -0.481 e. The zero-order valence-corrected chi connectivity index (χ0v) is 21.1. The normalized spacial score (nSPS) is 18.3. The first-order valence-electron chi connectivity index (χ1n) is 11.6. The van der Waals surface area contributed by atoms with Crippen LogP contribution in [0.5, 0.6) is 5.88 Å². The molecule has 0 amide bonds. The van der Waals surface area contributed by atoms with Crippen LogP contribution in [0.25, 0.3) is 0 Å². The third kappa shape index (κ3) is 10.6. The molecule has 2 fully saturated rings. The van der Waals surface area contributed by atoms with Gasteiger partial charge in [0.05, 0.1) is 31.1 Å². The summed E-state index contributed by atoms with van der Waals surface area (Å²) >= 11 is 0. The number of carbonyl (C=O) groups is 2. The third-order valence-corrected chi connectivity index (χ3v) is 5.59. The Morgan fingerprint density at radius 3 is 2.15 bits per heavy atom. The molecule has 16 heteroatoms. The molecule has 40 heavy (non-hydrogen) atoms. The van der Waals surface area contributed by atoms with E-state index in [-0.39, 0.29) is 11.7 Å². The van der Waals surface area contributed by atoms with Crippen molar-refractivity contribution >= 4 is 11.9 Å². The fraction of sp³-hybridized carbons (Fsp3) is 0.500. The summed E-state index contributed by atoms with van der Waals surface area (Å²) in [6, 6.07) is 9.94. The first-order valence-corrected chi connectivity index (χ1v) is 11.6. The van der Waals surface area contributed by atoms with E-state index in [0.29, 0.717) is 12.5 Å². The molecular weight excluding hydrogens is 556 g/mol. The molecule has 2 aromatic heterocycles. The topological polar surface area (TPSA) is 131 Å². The Labute approximate surface area is 224 Å². The maximum absolute atomic E-state index is 10.6. The van der Waals surface area contributed by atoms with Crippen molar-refractivity contribution in [3.05, 3.63) is 54.0 Å². The summed E-state index contributed by atoms with van der Waals surface area (Å²) in [7, 11) is 1.66.